The Morgan fingerprint density at radius 1 is 1.55 bits per heavy atom. The monoisotopic (exact) mass is 311 g/mol. The first-order valence-electron chi connectivity index (χ1n) is 7.07. The number of likely N-dealkylation sites (N-methyl/N-ethyl adjacent to an activating group) is 1. The van der Waals surface area contributed by atoms with Gasteiger partial charge in [-0.3, -0.25) is 19.8 Å². The lowest BCUT2D eigenvalue weighted by Crippen LogP contribution is -2.51. The van der Waals surface area contributed by atoms with Gasteiger partial charge >= 0.3 is 11.7 Å². The summed E-state index contributed by atoms with van der Waals surface area (Å²) in [5.41, 5.74) is -0.390. The number of nitro groups is 1. The van der Waals surface area contributed by atoms with E-state index < -0.39 is 22.4 Å². The summed E-state index contributed by atoms with van der Waals surface area (Å²) in [7, 11) is 0. The lowest BCUT2D eigenvalue weighted by molar-refractivity contribution is -0.386. The molecule has 1 aliphatic carbocycles. The summed E-state index contributed by atoms with van der Waals surface area (Å²) in [6.07, 6.45) is 1.35. The second kappa shape index (κ2) is 6.69. The molecule has 0 amide bonds. The fourth-order valence-electron chi connectivity index (χ4n) is 2.71. The van der Waals surface area contributed by atoms with E-state index >= 15 is 0 Å². The van der Waals surface area contributed by atoms with Crippen molar-refractivity contribution in [2.75, 3.05) is 18.4 Å². The summed E-state index contributed by atoms with van der Waals surface area (Å²) >= 11 is 0. The first kappa shape index (κ1) is 16.2. The summed E-state index contributed by atoms with van der Waals surface area (Å²) in [4.78, 5) is 22.8. The minimum Gasteiger partial charge on any atom is -0.480 e. The van der Waals surface area contributed by atoms with Gasteiger partial charge in [0.1, 0.15) is 5.69 Å². The standard InChI is InChI=1S/C14H18FN3O4/c1-2-17(8-13(19)20)10-6-9(7-10)16-12-5-3-4-11(15)14(12)18(21)22/h3-5,9-10,16H,2,6-8H2,1H3,(H,19,20). The van der Waals surface area contributed by atoms with Crippen LogP contribution in [0.2, 0.25) is 0 Å². The zero-order valence-corrected chi connectivity index (χ0v) is 12.2. The molecule has 1 aromatic carbocycles. The predicted molar refractivity (Wildman–Crippen MR) is 78.4 cm³/mol. The van der Waals surface area contributed by atoms with Crippen LogP contribution in [-0.2, 0) is 4.79 Å². The second-order valence-electron chi connectivity index (χ2n) is 5.32. The molecule has 0 radical (unpaired) electrons. The molecule has 0 heterocycles. The third-order valence-electron chi connectivity index (χ3n) is 3.90. The SMILES string of the molecule is CCN(CC(=O)O)C1CC(Nc2cccc(F)c2[N+](=O)[O-])C1. The molecule has 0 aromatic heterocycles. The van der Waals surface area contributed by atoms with Gasteiger partial charge in [0.2, 0.25) is 5.82 Å². The van der Waals surface area contributed by atoms with Crippen LogP contribution in [0.4, 0.5) is 15.8 Å². The maximum absolute atomic E-state index is 13.5. The molecule has 1 aliphatic rings. The van der Waals surface area contributed by atoms with Crippen LogP contribution in [0, 0.1) is 15.9 Å². The molecular weight excluding hydrogens is 293 g/mol. The minimum absolute atomic E-state index is 0.0198. The Morgan fingerprint density at radius 2 is 2.23 bits per heavy atom. The number of rotatable bonds is 7. The topological polar surface area (TPSA) is 95.7 Å². The molecule has 0 saturated heterocycles. The summed E-state index contributed by atoms with van der Waals surface area (Å²) in [6, 6.07) is 4.06. The number of nitrogens with one attached hydrogen (secondary N) is 1. The summed E-state index contributed by atoms with van der Waals surface area (Å²) in [5, 5.41) is 22.7. The maximum Gasteiger partial charge on any atom is 0.327 e. The highest BCUT2D eigenvalue weighted by Gasteiger charge is 2.35. The van der Waals surface area contributed by atoms with Crippen molar-refractivity contribution in [2.24, 2.45) is 0 Å². The number of aliphatic carboxylic acids is 1. The minimum atomic E-state index is -0.876. The molecule has 1 saturated carbocycles. The Bertz CT molecular complexity index is 575. The lowest BCUT2D eigenvalue weighted by Gasteiger charge is -2.42. The molecular formula is C14H18FN3O4. The molecule has 0 bridgehead atoms. The van der Waals surface area contributed by atoms with Gasteiger partial charge in [0.05, 0.1) is 11.5 Å². The molecule has 22 heavy (non-hydrogen) atoms. The molecule has 0 spiro atoms. The van der Waals surface area contributed by atoms with Gasteiger partial charge in [-0.25, -0.2) is 0 Å². The van der Waals surface area contributed by atoms with Crippen LogP contribution in [-0.4, -0.2) is 46.1 Å². The highest BCUT2D eigenvalue weighted by Crippen LogP contribution is 2.33. The van der Waals surface area contributed by atoms with Crippen LogP contribution >= 0.6 is 0 Å². The van der Waals surface area contributed by atoms with Crippen LogP contribution in [0.3, 0.4) is 0 Å². The first-order chi connectivity index (χ1) is 10.4. The van der Waals surface area contributed by atoms with E-state index in [1.807, 2.05) is 11.8 Å². The number of nitrogens with zero attached hydrogens (tertiary/aromatic N) is 2. The van der Waals surface area contributed by atoms with Crippen molar-refractivity contribution in [3.63, 3.8) is 0 Å². The van der Waals surface area contributed by atoms with E-state index in [1.54, 1.807) is 0 Å². The third kappa shape index (κ3) is 3.51. The summed E-state index contributed by atoms with van der Waals surface area (Å²) in [5.74, 6) is -1.74. The highest BCUT2D eigenvalue weighted by atomic mass is 19.1. The summed E-state index contributed by atoms with van der Waals surface area (Å²) in [6.45, 7) is 2.50. The van der Waals surface area contributed by atoms with Gasteiger partial charge in [-0.15, -0.1) is 0 Å². The normalized spacial score (nSPS) is 20.5. The van der Waals surface area contributed by atoms with Gasteiger partial charge in [0, 0.05) is 12.1 Å². The van der Waals surface area contributed by atoms with Crippen molar-refractivity contribution >= 4 is 17.3 Å². The highest BCUT2D eigenvalue weighted by molar-refractivity contribution is 5.69. The van der Waals surface area contributed by atoms with Crippen LogP contribution < -0.4 is 5.32 Å². The third-order valence-corrected chi connectivity index (χ3v) is 3.90. The Kier molecular flexibility index (Phi) is 4.92. The van der Waals surface area contributed by atoms with Crippen molar-refractivity contribution in [2.45, 2.75) is 31.8 Å². The van der Waals surface area contributed by atoms with Crippen LogP contribution in [0.1, 0.15) is 19.8 Å². The average Bonchev–Trinajstić information content (AvgIpc) is 2.39. The number of nitro benzene ring substituents is 1. The largest absolute Gasteiger partial charge is 0.480 e. The Morgan fingerprint density at radius 3 is 2.77 bits per heavy atom. The number of carbonyl (C=O) groups is 1. The van der Waals surface area contributed by atoms with Gasteiger partial charge in [-0.2, -0.15) is 4.39 Å². The number of carboxylic acids is 1. The van der Waals surface area contributed by atoms with Crippen molar-refractivity contribution in [1.82, 2.24) is 4.90 Å². The van der Waals surface area contributed by atoms with E-state index in [-0.39, 0.29) is 24.3 Å². The molecule has 7 nitrogen and oxygen atoms in total. The zero-order valence-electron chi connectivity index (χ0n) is 12.2. The van der Waals surface area contributed by atoms with E-state index in [4.69, 9.17) is 5.11 Å². The predicted octanol–water partition coefficient (Wildman–Crippen LogP) is 2.08. The molecule has 1 fully saturated rings. The number of anilines is 1. The lowest BCUT2D eigenvalue weighted by atomic mass is 9.85. The van der Waals surface area contributed by atoms with Crippen LogP contribution in [0.25, 0.3) is 0 Å². The maximum atomic E-state index is 13.5. The summed E-state index contributed by atoms with van der Waals surface area (Å²) < 4.78 is 13.5. The van der Waals surface area contributed by atoms with Crippen molar-refractivity contribution in [1.29, 1.82) is 0 Å². The van der Waals surface area contributed by atoms with Gasteiger partial charge in [-0.05, 0) is 31.5 Å². The second-order valence-corrected chi connectivity index (χ2v) is 5.32. The molecule has 0 aliphatic heterocycles. The van der Waals surface area contributed by atoms with Gasteiger partial charge < -0.3 is 10.4 Å². The smallest absolute Gasteiger partial charge is 0.327 e. The molecule has 8 heteroatoms. The van der Waals surface area contributed by atoms with E-state index in [2.05, 4.69) is 5.32 Å². The van der Waals surface area contributed by atoms with E-state index in [0.29, 0.717) is 19.4 Å². The van der Waals surface area contributed by atoms with Crippen molar-refractivity contribution < 1.29 is 19.2 Å². The van der Waals surface area contributed by atoms with Gasteiger partial charge in [0.15, 0.2) is 0 Å². The number of halogens is 1. The fourth-order valence-corrected chi connectivity index (χ4v) is 2.71. The fraction of sp³-hybridized carbons (Fsp3) is 0.500. The molecule has 1 aromatic rings. The number of para-hydroxylation sites is 1. The van der Waals surface area contributed by atoms with Crippen LogP contribution in [0.5, 0.6) is 0 Å². The van der Waals surface area contributed by atoms with Crippen molar-refractivity contribution in [3.05, 3.63) is 34.1 Å². The van der Waals surface area contributed by atoms with Crippen molar-refractivity contribution in [3.8, 4) is 0 Å². The molecule has 0 unspecified atom stereocenters. The Balaban J connectivity index is 1.97. The van der Waals surface area contributed by atoms with E-state index in [9.17, 15) is 19.3 Å². The quantitative estimate of drug-likeness (QED) is 0.591. The molecule has 2 N–H and O–H groups in total. The number of carboxylic acid groups (broad SMARTS) is 1. The Hall–Kier alpha value is -2.22. The van der Waals surface area contributed by atoms with Crippen LogP contribution in [0.15, 0.2) is 18.2 Å². The molecule has 2 rings (SSSR count). The van der Waals surface area contributed by atoms with Gasteiger partial charge in [-0.1, -0.05) is 13.0 Å². The first-order valence-corrected chi connectivity index (χ1v) is 7.07. The van der Waals surface area contributed by atoms with E-state index in [1.165, 1.54) is 12.1 Å². The number of benzene rings is 1. The average molecular weight is 311 g/mol. The Labute approximate surface area is 126 Å². The van der Waals surface area contributed by atoms with E-state index in [0.717, 1.165) is 6.07 Å². The molecule has 0 atom stereocenters. The number of hydrogen-bond donors (Lipinski definition) is 2. The zero-order chi connectivity index (χ0) is 16.3. The molecule has 120 valence electrons. The van der Waals surface area contributed by atoms with Gasteiger partial charge in [0.25, 0.3) is 0 Å². The number of hydrogen-bond acceptors (Lipinski definition) is 5.